The van der Waals surface area contributed by atoms with Crippen LogP contribution in [-0.2, 0) is 11.3 Å². The number of hydrogen-bond donors (Lipinski definition) is 2. The molecule has 2 aromatic rings. The van der Waals surface area contributed by atoms with Crippen LogP contribution in [0.1, 0.15) is 24.6 Å². The first-order valence-corrected chi connectivity index (χ1v) is 11.0. The third-order valence-electron chi connectivity index (χ3n) is 7.27. The van der Waals surface area contributed by atoms with Crippen LogP contribution in [0.5, 0.6) is 5.75 Å². The molecule has 0 radical (unpaired) electrons. The predicted molar refractivity (Wildman–Crippen MR) is 117 cm³/mol. The van der Waals surface area contributed by atoms with E-state index in [1.54, 1.807) is 7.11 Å². The third kappa shape index (κ3) is 3.36. The van der Waals surface area contributed by atoms with E-state index in [1.807, 2.05) is 48.0 Å². The maximum Gasteiger partial charge on any atom is 0.258 e. The Labute approximate surface area is 181 Å². The lowest BCUT2D eigenvalue weighted by Gasteiger charge is -2.27. The number of amides is 1. The molecule has 1 amide bonds. The number of likely N-dealkylation sites (N-methyl/N-ethyl adjacent to an activating group) is 1. The van der Waals surface area contributed by atoms with Crippen LogP contribution in [0.4, 0.5) is 0 Å². The van der Waals surface area contributed by atoms with E-state index in [9.17, 15) is 14.7 Å². The lowest BCUT2D eigenvalue weighted by molar-refractivity contribution is -0.127. The number of nitrogens with zero attached hydrogens (tertiary/aromatic N) is 2. The van der Waals surface area contributed by atoms with Gasteiger partial charge in [-0.3, -0.25) is 14.5 Å². The molecule has 164 valence electrons. The Bertz CT molecular complexity index is 1060. The Balaban J connectivity index is 1.46. The van der Waals surface area contributed by atoms with E-state index in [4.69, 9.17) is 4.74 Å². The quantitative estimate of drug-likeness (QED) is 0.738. The second-order valence-corrected chi connectivity index (χ2v) is 9.07. The summed E-state index contributed by atoms with van der Waals surface area (Å²) in [6.07, 6.45) is 2.36. The van der Waals surface area contributed by atoms with Crippen LogP contribution in [0.3, 0.4) is 0 Å². The molecule has 1 aromatic carbocycles. The van der Waals surface area contributed by atoms with E-state index in [0.29, 0.717) is 23.8 Å². The number of ether oxygens (including phenoxy) is 1. The van der Waals surface area contributed by atoms with Gasteiger partial charge in [0.25, 0.3) is 5.56 Å². The second kappa shape index (κ2) is 7.80. The van der Waals surface area contributed by atoms with Gasteiger partial charge in [0.05, 0.1) is 19.2 Å². The zero-order valence-electron chi connectivity index (χ0n) is 18.0. The van der Waals surface area contributed by atoms with Crippen molar-refractivity contribution < 1.29 is 14.6 Å². The third-order valence-corrected chi connectivity index (χ3v) is 7.27. The van der Waals surface area contributed by atoms with E-state index >= 15 is 0 Å². The number of methoxy groups -OCH3 is 1. The van der Waals surface area contributed by atoms with E-state index < -0.39 is 0 Å². The Hall–Kier alpha value is -2.64. The van der Waals surface area contributed by atoms with Crippen LogP contribution < -0.4 is 15.6 Å². The van der Waals surface area contributed by atoms with Crippen molar-refractivity contribution in [1.82, 2.24) is 14.8 Å². The van der Waals surface area contributed by atoms with Crippen molar-refractivity contribution in [3.05, 3.63) is 52.4 Å². The number of aromatic nitrogens is 1. The number of benzene rings is 1. The molecule has 1 aromatic heterocycles. The second-order valence-electron chi connectivity index (χ2n) is 9.07. The van der Waals surface area contributed by atoms with E-state index in [1.165, 1.54) is 12.8 Å². The number of pyridine rings is 1. The fourth-order valence-electron chi connectivity index (χ4n) is 5.45. The van der Waals surface area contributed by atoms with Crippen molar-refractivity contribution in [3.63, 3.8) is 0 Å². The lowest BCUT2D eigenvalue weighted by atomic mass is 9.88. The first-order chi connectivity index (χ1) is 15.0. The van der Waals surface area contributed by atoms with Gasteiger partial charge in [-0.05, 0) is 55.6 Å². The van der Waals surface area contributed by atoms with Crippen LogP contribution in [-0.4, -0.2) is 53.8 Å². The molecule has 3 aliphatic rings. The van der Waals surface area contributed by atoms with Crippen molar-refractivity contribution in [2.75, 3.05) is 27.3 Å². The molecule has 1 saturated carbocycles. The van der Waals surface area contributed by atoms with Crippen LogP contribution >= 0.6 is 0 Å². The first kappa shape index (κ1) is 20.3. The molecule has 2 N–H and O–H groups in total. The number of carbonyl (C=O) groups excluding carboxylic acids is 1. The zero-order valence-corrected chi connectivity index (χ0v) is 18.0. The fraction of sp³-hybridized carbons (Fsp3) is 0.500. The van der Waals surface area contributed by atoms with Crippen molar-refractivity contribution in [1.29, 1.82) is 0 Å². The monoisotopic (exact) mass is 423 g/mol. The Morgan fingerprint density at radius 1 is 1.26 bits per heavy atom. The van der Waals surface area contributed by atoms with Crippen LogP contribution in [0.25, 0.3) is 11.1 Å². The standard InChI is InChI=1S/C24H29N3O4/c1-26-21-18(19(13-28)22(26)23(29)25-11-14-6-7-14)12-27-20(21)9-8-17(24(27)30)15-4-3-5-16(10-15)31-2/h3-5,8-10,14,18-19,21-22,28H,6-7,11-13H2,1-2H3,(H,25,29)/t18-,19-,21+,22-/m0/s1. The van der Waals surface area contributed by atoms with Gasteiger partial charge in [-0.1, -0.05) is 12.1 Å². The molecule has 2 aliphatic heterocycles. The number of likely N-dealkylation sites (tertiary alicyclic amines) is 1. The first-order valence-electron chi connectivity index (χ1n) is 11.0. The van der Waals surface area contributed by atoms with Gasteiger partial charge in [0, 0.05) is 42.8 Å². The Morgan fingerprint density at radius 3 is 2.77 bits per heavy atom. The minimum atomic E-state index is -0.374. The molecule has 0 bridgehead atoms. The SMILES string of the molecule is COc1cccc(-c2ccc3n(c2=O)C[C@H]2[C@H](CO)[C@@H](C(=O)NCC4CC4)N(C)[C@@H]32)c1. The molecule has 1 saturated heterocycles. The molecule has 7 heteroatoms. The minimum Gasteiger partial charge on any atom is -0.497 e. The van der Waals surface area contributed by atoms with Crippen molar-refractivity contribution in [2.45, 2.75) is 31.5 Å². The fourth-order valence-corrected chi connectivity index (χ4v) is 5.45. The van der Waals surface area contributed by atoms with E-state index in [2.05, 4.69) is 10.2 Å². The minimum absolute atomic E-state index is 0.00949. The number of aliphatic hydroxyl groups excluding tert-OH is 1. The lowest BCUT2D eigenvalue weighted by Crippen LogP contribution is -2.47. The maximum atomic E-state index is 13.4. The molecular formula is C24H29N3O4. The Morgan fingerprint density at radius 2 is 2.06 bits per heavy atom. The number of fused-ring (bicyclic) bond motifs is 3. The average molecular weight is 424 g/mol. The molecule has 5 rings (SSSR count). The van der Waals surface area contributed by atoms with E-state index in [-0.39, 0.29) is 42.0 Å². The largest absolute Gasteiger partial charge is 0.497 e. The molecule has 3 heterocycles. The number of nitrogens with one attached hydrogen (secondary N) is 1. The van der Waals surface area contributed by atoms with Crippen LogP contribution in [0, 0.1) is 17.8 Å². The highest BCUT2D eigenvalue weighted by atomic mass is 16.5. The van der Waals surface area contributed by atoms with Gasteiger partial charge in [-0.15, -0.1) is 0 Å². The van der Waals surface area contributed by atoms with Gasteiger partial charge in [0.1, 0.15) is 5.75 Å². The van der Waals surface area contributed by atoms with Crippen molar-refractivity contribution >= 4 is 5.91 Å². The summed E-state index contributed by atoms with van der Waals surface area (Å²) in [7, 11) is 3.54. The number of carbonyl (C=O) groups is 1. The molecule has 0 unspecified atom stereocenters. The summed E-state index contributed by atoms with van der Waals surface area (Å²) in [5.74, 6) is 1.13. The summed E-state index contributed by atoms with van der Waals surface area (Å²) >= 11 is 0. The smallest absolute Gasteiger partial charge is 0.258 e. The average Bonchev–Trinajstić information content (AvgIpc) is 3.47. The number of hydrogen-bond acceptors (Lipinski definition) is 5. The van der Waals surface area contributed by atoms with Gasteiger partial charge < -0.3 is 19.7 Å². The Kier molecular flexibility index (Phi) is 5.10. The van der Waals surface area contributed by atoms with Crippen molar-refractivity contribution in [2.24, 2.45) is 17.8 Å². The molecule has 2 fully saturated rings. The summed E-state index contributed by atoms with van der Waals surface area (Å²) in [5, 5.41) is 13.2. The van der Waals surface area contributed by atoms with Crippen LogP contribution in [0.2, 0.25) is 0 Å². The summed E-state index contributed by atoms with van der Waals surface area (Å²) in [6.45, 7) is 1.16. The van der Waals surface area contributed by atoms with Gasteiger partial charge in [-0.2, -0.15) is 0 Å². The highest BCUT2D eigenvalue weighted by molar-refractivity contribution is 5.82. The molecule has 4 atom stereocenters. The van der Waals surface area contributed by atoms with E-state index in [0.717, 1.165) is 17.8 Å². The van der Waals surface area contributed by atoms with Crippen LogP contribution in [0.15, 0.2) is 41.2 Å². The predicted octanol–water partition coefficient (Wildman–Crippen LogP) is 1.64. The highest BCUT2D eigenvalue weighted by Crippen LogP contribution is 2.48. The molecular weight excluding hydrogens is 394 g/mol. The summed E-state index contributed by atoms with van der Waals surface area (Å²) in [4.78, 5) is 28.3. The topological polar surface area (TPSA) is 83.8 Å². The van der Waals surface area contributed by atoms with Gasteiger partial charge in [0.15, 0.2) is 0 Å². The van der Waals surface area contributed by atoms with Gasteiger partial charge in [-0.25, -0.2) is 0 Å². The molecule has 7 nitrogen and oxygen atoms in total. The van der Waals surface area contributed by atoms with Gasteiger partial charge in [0.2, 0.25) is 5.91 Å². The highest BCUT2D eigenvalue weighted by Gasteiger charge is 2.54. The van der Waals surface area contributed by atoms with Gasteiger partial charge >= 0.3 is 0 Å². The van der Waals surface area contributed by atoms with Crippen molar-refractivity contribution in [3.8, 4) is 16.9 Å². The molecule has 31 heavy (non-hydrogen) atoms. The summed E-state index contributed by atoms with van der Waals surface area (Å²) in [5.41, 5.74) is 2.32. The summed E-state index contributed by atoms with van der Waals surface area (Å²) in [6, 6.07) is 10.9. The molecule has 1 aliphatic carbocycles. The normalized spacial score (nSPS) is 27.1. The maximum absolute atomic E-state index is 13.4. The number of rotatable bonds is 6. The molecule has 0 spiro atoms. The number of aliphatic hydroxyl groups is 1. The summed E-state index contributed by atoms with van der Waals surface area (Å²) < 4.78 is 7.12. The zero-order chi connectivity index (χ0) is 21.7.